The molecule has 3 heteroatoms. The maximum Gasteiger partial charge on any atom is 0.189 e. The lowest BCUT2D eigenvalue weighted by atomic mass is 10.1. The lowest BCUT2D eigenvalue weighted by Crippen LogP contribution is -2.31. The molecule has 1 aliphatic rings. The Labute approximate surface area is 77.5 Å². The predicted octanol–water partition coefficient (Wildman–Crippen LogP) is 1.54. The van der Waals surface area contributed by atoms with Crippen LogP contribution >= 0.6 is 0 Å². The van der Waals surface area contributed by atoms with Gasteiger partial charge in [0.15, 0.2) is 12.6 Å². The largest absolute Gasteiger partial charge is 0.326 e. The van der Waals surface area contributed by atoms with Crippen molar-refractivity contribution in [3.05, 3.63) is 35.4 Å². The van der Waals surface area contributed by atoms with Crippen molar-refractivity contribution in [1.29, 1.82) is 0 Å². The fourth-order valence-corrected chi connectivity index (χ4v) is 1.38. The van der Waals surface area contributed by atoms with Gasteiger partial charge < -0.3 is 15.2 Å². The minimum atomic E-state index is -0.193. The van der Waals surface area contributed by atoms with Gasteiger partial charge in [-0.15, -0.1) is 0 Å². The summed E-state index contributed by atoms with van der Waals surface area (Å²) in [6.07, 6.45) is -0.270. The second-order valence-electron chi connectivity index (χ2n) is 3.12. The Bertz CT molecular complexity index is 295. The highest BCUT2D eigenvalue weighted by Gasteiger charge is 2.28. The van der Waals surface area contributed by atoms with E-state index in [0.29, 0.717) is 6.54 Å². The van der Waals surface area contributed by atoms with Crippen molar-refractivity contribution in [1.82, 2.24) is 0 Å². The summed E-state index contributed by atoms with van der Waals surface area (Å²) in [4.78, 5) is 0. The summed E-state index contributed by atoms with van der Waals surface area (Å²) >= 11 is 0. The van der Waals surface area contributed by atoms with Crippen LogP contribution in [0.15, 0.2) is 24.3 Å². The third kappa shape index (κ3) is 1.72. The Morgan fingerprint density at radius 1 is 1.38 bits per heavy atom. The lowest BCUT2D eigenvalue weighted by molar-refractivity contribution is -0.382. The van der Waals surface area contributed by atoms with Crippen LogP contribution in [0.1, 0.15) is 24.3 Å². The van der Waals surface area contributed by atoms with E-state index in [1.165, 1.54) is 0 Å². The molecule has 3 nitrogen and oxygen atoms in total. The minimum absolute atomic E-state index is 0.0773. The van der Waals surface area contributed by atoms with Crippen molar-refractivity contribution in [2.45, 2.75) is 26.0 Å². The molecule has 1 aromatic carbocycles. The number of benzene rings is 1. The number of rotatable bonds is 2. The van der Waals surface area contributed by atoms with Crippen LogP contribution in [0.3, 0.4) is 0 Å². The molecule has 13 heavy (non-hydrogen) atoms. The molecule has 0 unspecified atom stereocenters. The van der Waals surface area contributed by atoms with Gasteiger partial charge in [-0.2, -0.15) is 0 Å². The van der Waals surface area contributed by atoms with E-state index < -0.39 is 0 Å². The van der Waals surface area contributed by atoms with Gasteiger partial charge in [0.1, 0.15) is 0 Å². The van der Waals surface area contributed by atoms with E-state index in [9.17, 15) is 0 Å². The van der Waals surface area contributed by atoms with Crippen LogP contribution in [0.4, 0.5) is 0 Å². The molecule has 1 saturated heterocycles. The predicted molar refractivity (Wildman–Crippen MR) is 48.7 cm³/mol. The first kappa shape index (κ1) is 8.69. The summed E-state index contributed by atoms with van der Waals surface area (Å²) in [5.74, 6) is 0. The SMILES string of the molecule is CC1OC(c2cccc(CN)c2)O1. The van der Waals surface area contributed by atoms with E-state index in [4.69, 9.17) is 15.2 Å². The molecule has 0 aliphatic carbocycles. The van der Waals surface area contributed by atoms with Crippen molar-refractivity contribution >= 4 is 0 Å². The molecule has 0 aromatic heterocycles. The smallest absolute Gasteiger partial charge is 0.189 e. The Kier molecular flexibility index (Phi) is 2.31. The van der Waals surface area contributed by atoms with E-state index in [0.717, 1.165) is 11.1 Å². The van der Waals surface area contributed by atoms with Gasteiger partial charge in [-0.25, -0.2) is 0 Å². The molecule has 0 radical (unpaired) electrons. The summed E-state index contributed by atoms with van der Waals surface area (Å²) in [5.41, 5.74) is 7.67. The summed E-state index contributed by atoms with van der Waals surface area (Å²) in [7, 11) is 0. The van der Waals surface area contributed by atoms with Gasteiger partial charge >= 0.3 is 0 Å². The van der Waals surface area contributed by atoms with Crippen molar-refractivity contribution in [3.63, 3.8) is 0 Å². The molecule has 1 fully saturated rings. The number of nitrogens with two attached hydrogens (primary N) is 1. The van der Waals surface area contributed by atoms with E-state index in [1.807, 2.05) is 31.2 Å². The van der Waals surface area contributed by atoms with Crippen LogP contribution in [-0.2, 0) is 16.0 Å². The van der Waals surface area contributed by atoms with Crippen LogP contribution in [0, 0.1) is 0 Å². The van der Waals surface area contributed by atoms with Gasteiger partial charge in [0.05, 0.1) is 0 Å². The van der Waals surface area contributed by atoms with Crippen molar-refractivity contribution < 1.29 is 9.47 Å². The van der Waals surface area contributed by atoms with E-state index in [1.54, 1.807) is 0 Å². The fraction of sp³-hybridized carbons (Fsp3) is 0.400. The molecule has 1 aromatic rings. The van der Waals surface area contributed by atoms with Gasteiger partial charge in [-0.3, -0.25) is 0 Å². The van der Waals surface area contributed by atoms with Crippen LogP contribution < -0.4 is 5.73 Å². The van der Waals surface area contributed by atoms with Crippen LogP contribution in [-0.4, -0.2) is 6.29 Å². The fourth-order valence-electron chi connectivity index (χ4n) is 1.38. The molecule has 1 heterocycles. The van der Waals surface area contributed by atoms with E-state index in [-0.39, 0.29) is 12.6 Å². The normalized spacial score (nSPS) is 26.9. The van der Waals surface area contributed by atoms with Crippen molar-refractivity contribution in [2.75, 3.05) is 0 Å². The number of ether oxygens (including phenoxy) is 2. The average molecular weight is 179 g/mol. The molecule has 2 N–H and O–H groups in total. The maximum absolute atomic E-state index is 5.52. The first-order chi connectivity index (χ1) is 6.29. The quantitative estimate of drug-likeness (QED) is 0.748. The summed E-state index contributed by atoms with van der Waals surface area (Å²) in [6, 6.07) is 7.95. The molecule has 0 bridgehead atoms. The summed E-state index contributed by atoms with van der Waals surface area (Å²) in [5, 5.41) is 0. The molecule has 0 amide bonds. The minimum Gasteiger partial charge on any atom is -0.326 e. The van der Waals surface area contributed by atoms with Gasteiger partial charge in [0, 0.05) is 12.1 Å². The van der Waals surface area contributed by atoms with Gasteiger partial charge in [0.2, 0.25) is 0 Å². The van der Waals surface area contributed by atoms with Gasteiger partial charge in [-0.05, 0) is 18.6 Å². The van der Waals surface area contributed by atoms with Crippen molar-refractivity contribution in [3.8, 4) is 0 Å². The number of hydrogen-bond acceptors (Lipinski definition) is 3. The highest BCUT2D eigenvalue weighted by molar-refractivity contribution is 5.24. The highest BCUT2D eigenvalue weighted by atomic mass is 16.9. The first-order valence-corrected chi connectivity index (χ1v) is 4.39. The molecular formula is C10H13NO2. The Morgan fingerprint density at radius 2 is 2.15 bits per heavy atom. The molecule has 2 rings (SSSR count). The number of hydrogen-bond donors (Lipinski definition) is 1. The average Bonchev–Trinajstić information content (AvgIpc) is 2.13. The third-order valence-electron chi connectivity index (χ3n) is 2.09. The lowest BCUT2D eigenvalue weighted by Gasteiger charge is -2.34. The Balaban J connectivity index is 2.12. The molecule has 70 valence electrons. The van der Waals surface area contributed by atoms with Gasteiger partial charge in [0.25, 0.3) is 0 Å². The molecule has 1 aliphatic heterocycles. The van der Waals surface area contributed by atoms with Crippen LogP contribution in [0.5, 0.6) is 0 Å². The molecule has 0 saturated carbocycles. The highest BCUT2D eigenvalue weighted by Crippen LogP contribution is 2.31. The first-order valence-electron chi connectivity index (χ1n) is 4.39. The Morgan fingerprint density at radius 3 is 2.77 bits per heavy atom. The summed E-state index contributed by atoms with van der Waals surface area (Å²) < 4.78 is 10.7. The standard InChI is InChI=1S/C10H13NO2/c1-7-12-10(13-7)9-4-2-3-8(5-9)6-11/h2-5,7,10H,6,11H2,1H3. The third-order valence-corrected chi connectivity index (χ3v) is 2.09. The Hall–Kier alpha value is -0.900. The molecular weight excluding hydrogens is 166 g/mol. The zero-order valence-electron chi connectivity index (χ0n) is 7.57. The van der Waals surface area contributed by atoms with E-state index in [2.05, 4.69) is 0 Å². The van der Waals surface area contributed by atoms with E-state index >= 15 is 0 Å². The van der Waals surface area contributed by atoms with Crippen LogP contribution in [0.25, 0.3) is 0 Å². The molecule has 0 atom stereocenters. The summed E-state index contributed by atoms with van der Waals surface area (Å²) in [6.45, 7) is 2.43. The zero-order chi connectivity index (χ0) is 9.26. The maximum atomic E-state index is 5.52. The topological polar surface area (TPSA) is 44.5 Å². The van der Waals surface area contributed by atoms with Gasteiger partial charge in [-0.1, -0.05) is 18.2 Å². The second kappa shape index (κ2) is 3.46. The second-order valence-corrected chi connectivity index (χ2v) is 3.12. The zero-order valence-corrected chi connectivity index (χ0v) is 7.57. The monoisotopic (exact) mass is 179 g/mol. The van der Waals surface area contributed by atoms with Crippen LogP contribution in [0.2, 0.25) is 0 Å². The molecule has 0 spiro atoms. The van der Waals surface area contributed by atoms with Crippen molar-refractivity contribution in [2.24, 2.45) is 5.73 Å².